The second-order valence-electron chi connectivity index (χ2n) is 11.4. The van der Waals surface area contributed by atoms with Crippen LogP contribution in [0.1, 0.15) is 58.3 Å². The largest absolute Gasteiger partial charge is 0.432 e. The van der Waals surface area contributed by atoms with Crippen molar-refractivity contribution in [3.63, 3.8) is 0 Å². The van der Waals surface area contributed by atoms with E-state index < -0.39 is 23.7 Å². The van der Waals surface area contributed by atoms with Gasteiger partial charge in [-0.05, 0) is 93.0 Å². The zero-order chi connectivity index (χ0) is 26.9. The van der Waals surface area contributed by atoms with Gasteiger partial charge in [0.2, 0.25) is 0 Å². The molecule has 8 heteroatoms. The second-order valence-corrected chi connectivity index (χ2v) is 11.8. The molecule has 0 aromatic heterocycles. The van der Waals surface area contributed by atoms with Crippen molar-refractivity contribution >= 4 is 11.6 Å². The van der Waals surface area contributed by atoms with E-state index in [4.69, 9.17) is 25.8 Å². The highest BCUT2D eigenvalue weighted by Gasteiger charge is 2.45. The molecule has 0 bridgehead atoms. The maximum atomic E-state index is 15.1. The molecule has 3 fully saturated rings. The van der Waals surface area contributed by atoms with Crippen LogP contribution in [-0.4, -0.2) is 25.6 Å². The molecule has 0 unspecified atom stereocenters. The normalized spacial score (nSPS) is 30.7. The first-order valence-electron chi connectivity index (χ1n) is 13.7. The Bertz CT molecular complexity index is 1090. The van der Waals surface area contributed by atoms with E-state index in [1.54, 1.807) is 0 Å². The van der Waals surface area contributed by atoms with Crippen LogP contribution < -0.4 is 4.74 Å². The van der Waals surface area contributed by atoms with Gasteiger partial charge in [0.1, 0.15) is 17.4 Å². The topological polar surface area (TPSA) is 27.7 Å². The van der Waals surface area contributed by atoms with Crippen molar-refractivity contribution in [2.45, 2.75) is 70.7 Å². The van der Waals surface area contributed by atoms with Gasteiger partial charge in [-0.3, -0.25) is 0 Å². The highest BCUT2D eigenvalue weighted by atomic mass is 35.5. The number of hydrogen-bond donors (Lipinski definition) is 0. The van der Waals surface area contributed by atoms with Crippen LogP contribution in [-0.2, 0) is 9.47 Å². The monoisotopic (exact) mass is 554 g/mol. The first kappa shape index (κ1) is 27.7. The van der Waals surface area contributed by atoms with E-state index in [9.17, 15) is 8.78 Å². The third-order valence-corrected chi connectivity index (χ3v) is 8.94. The Kier molecular flexibility index (Phi) is 8.56. The Morgan fingerprint density at radius 2 is 1.39 bits per heavy atom. The third-order valence-electron chi connectivity index (χ3n) is 8.63. The van der Waals surface area contributed by atoms with E-state index in [1.165, 1.54) is 24.3 Å². The maximum Gasteiger partial charge on any atom is 0.400 e. The van der Waals surface area contributed by atoms with Crippen molar-refractivity contribution in [1.82, 2.24) is 0 Å². The lowest BCUT2D eigenvalue weighted by atomic mass is 9.69. The summed E-state index contributed by atoms with van der Waals surface area (Å²) in [5.74, 6) is -0.714. The fraction of sp³-hybridized carbons (Fsp3) is 0.600. The predicted octanol–water partition coefficient (Wildman–Crippen LogP) is 8.88. The molecule has 2 aromatic carbocycles. The van der Waals surface area contributed by atoms with E-state index in [1.807, 2.05) is 0 Å². The lowest BCUT2D eigenvalue weighted by Gasteiger charge is -2.41. The van der Waals surface area contributed by atoms with Gasteiger partial charge in [-0.1, -0.05) is 24.6 Å². The number of halogens is 5. The molecule has 3 aliphatic rings. The summed E-state index contributed by atoms with van der Waals surface area (Å²) in [6.45, 7) is 3.63. The lowest BCUT2D eigenvalue weighted by Crippen LogP contribution is -2.40. The Hall–Kier alpha value is -1.83. The molecule has 1 heterocycles. The van der Waals surface area contributed by atoms with Gasteiger partial charge in [-0.2, -0.15) is 8.78 Å². The minimum absolute atomic E-state index is 0.0745. The van der Waals surface area contributed by atoms with Crippen molar-refractivity contribution < 1.29 is 31.8 Å². The van der Waals surface area contributed by atoms with Gasteiger partial charge >= 0.3 is 6.11 Å². The molecule has 38 heavy (non-hydrogen) atoms. The van der Waals surface area contributed by atoms with Crippen LogP contribution in [0.2, 0.25) is 5.02 Å². The van der Waals surface area contributed by atoms with Crippen LogP contribution >= 0.6 is 11.6 Å². The van der Waals surface area contributed by atoms with Gasteiger partial charge in [0.05, 0.1) is 24.2 Å². The Morgan fingerprint density at radius 1 is 0.789 bits per heavy atom. The van der Waals surface area contributed by atoms with Crippen molar-refractivity contribution in [1.29, 1.82) is 0 Å². The van der Waals surface area contributed by atoms with Gasteiger partial charge in [-0.15, -0.1) is 0 Å². The summed E-state index contributed by atoms with van der Waals surface area (Å²) in [7, 11) is 0. The summed E-state index contributed by atoms with van der Waals surface area (Å²) in [5, 5.41) is -0.0745. The van der Waals surface area contributed by atoms with E-state index in [2.05, 4.69) is 6.92 Å². The molecule has 0 atom stereocenters. The van der Waals surface area contributed by atoms with E-state index in [-0.39, 0.29) is 28.2 Å². The molecule has 2 aliphatic carbocycles. The molecule has 0 N–H and O–H groups in total. The van der Waals surface area contributed by atoms with Crippen LogP contribution in [0.15, 0.2) is 36.4 Å². The molecule has 208 valence electrons. The van der Waals surface area contributed by atoms with Crippen LogP contribution in [0.25, 0.3) is 11.1 Å². The third kappa shape index (κ3) is 6.31. The van der Waals surface area contributed by atoms with Crippen LogP contribution in [0.5, 0.6) is 5.75 Å². The van der Waals surface area contributed by atoms with E-state index in [0.717, 1.165) is 63.9 Å². The number of benzene rings is 2. The standard InChI is InChI=1S/C30H35ClF4O3/c1-18-16-36-29(37-17-18)21-4-2-19(3-5-21)20-6-9-23(10-7-20)30(34,35)38-24-11-12-25(27(32)15-24)22-8-13-26(31)28(33)14-22/h8,11-15,18-21,23,29H,2-7,9-10,16-17H2,1H3. The molecule has 1 saturated heterocycles. The first-order valence-corrected chi connectivity index (χ1v) is 14.1. The molecular weight excluding hydrogens is 520 g/mol. The van der Waals surface area contributed by atoms with Gasteiger partial charge in [-0.25, -0.2) is 8.78 Å². The molecule has 3 nitrogen and oxygen atoms in total. The summed E-state index contributed by atoms with van der Waals surface area (Å²) in [6.07, 6.45) is 3.10. The van der Waals surface area contributed by atoms with Crippen LogP contribution in [0, 0.1) is 41.2 Å². The average molecular weight is 555 g/mol. The number of ether oxygens (including phenoxy) is 3. The molecule has 5 rings (SSSR count). The summed E-state index contributed by atoms with van der Waals surface area (Å²) in [4.78, 5) is 0. The van der Waals surface area contributed by atoms with E-state index >= 15 is 8.78 Å². The molecule has 0 radical (unpaired) electrons. The molecule has 2 aromatic rings. The van der Waals surface area contributed by atoms with E-state index in [0.29, 0.717) is 36.5 Å². The quantitative estimate of drug-likeness (QED) is 0.334. The second kappa shape index (κ2) is 11.7. The average Bonchev–Trinajstić information content (AvgIpc) is 2.91. The zero-order valence-electron chi connectivity index (χ0n) is 21.6. The predicted molar refractivity (Wildman–Crippen MR) is 138 cm³/mol. The van der Waals surface area contributed by atoms with Crippen molar-refractivity contribution in [2.24, 2.45) is 29.6 Å². The van der Waals surface area contributed by atoms with Gasteiger partial charge in [0.25, 0.3) is 0 Å². The Morgan fingerprint density at radius 3 is 2.00 bits per heavy atom. The minimum Gasteiger partial charge on any atom is -0.432 e. The van der Waals surface area contributed by atoms with Crippen molar-refractivity contribution in [2.75, 3.05) is 13.2 Å². The molecule has 1 aliphatic heterocycles. The first-order chi connectivity index (χ1) is 18.2. The molecule has 0 spiro atoms. The lowest BCUT2D eigenvalue weighted by molar-refractivity contribution is -0.229. The highest BCUT2D eigenvalue weighted by Crippen LogP contribution is 2.46. The summed E-state index contributed by atoms with van der Waals surface area (Å²) in [5.41, 5.74) is 0.353. The van der Waals surface area contributed by atoms with Crippen molar-refractivity contribution in [3.05, 3.63) is 53.1 Å². The smallest absolute Gasteiger partial charge is 0.400 e. The fourth-order valence-corrected chi connectivity index (χ4v) is 6.52. The molecular formula is C30H35ClF4O3. The number of rotatable bonds is 6. The van der Waals surface area contributed by atoms with Gasteiger partial charge in [0.15, 0.2) is 6.29 Å². The summed E-state index contributed by atoms with van der Waals surface area (Å²) < 4.78 is 75.4. The summed E-state index contributed by atoms with van der Waals surface area (Å²) in [6, 6.07) is 7.46. The van der Waals surface area contributed by atoms with Gasteiger partial charge in [0, 0.05) is 23.5 Å². The SMILES string of the molecule is CC1COC(C2CCC(C3CCC(C(F)(F)Oc4ccc(-c5ccc(Cl)c(F)c5)c(F)c4)CC3)CC2)OC1. The van der Waals surface area contributed by atoms with Crippen LogP contribution in [0.3, 0.4) is 0 Å². The Labute approximate surface area is 226 Å². The van der Waals surface area contributed by atoms with Crippen LogP contribution in [0.4, 0.5) is 17.6 Å². The summed E-state index contributed by atoms with van der Waals surface area (Å²) >= 11 is 5.69. The Balaban J connectivity index is 1.12. The maximum absolute atomic E-state index is 15.1. The highest BCUT2D eigenvalue weighted by molar-refractivity contribution is 6.30. The molecule has 0 amide bonds. The number of alkyl halides is 2. The zero-order valence-corrected chi connectivity index (χ0v) is 22.4. The minimum atomic E-state index is -3.39. The van der Waals surface area contributed by atoms with Gasteiger partial charge < -0.3 is 14.2 Å². The molecule has 2 saturated carbocycles. The number of hydrogen-bond acceptors (Lipinski definition) is 3. The van der Waals surface area contributed by atoms with Crippen molar-refractivity contribution in [3.8, 4) is 16.9 Å². The fourth-order valence-electron chi connectivity index (χ4n) is 6.40.